The molecule has 3 fully saturated rings. The van der Waals surface area contributed by atoms with Gasteiger partial charge in [0, 0.05) is 31.2 Å². The molecule has 1 spiro atoms. The van der Waals surface area contributed by atoms with Crippen LogP contribution in [0.1, 0.15) is 35.6 Å². The Morgan fingerprint density at radius 1 is 1.24 bits per heavy atom. The van der Waals surface area contributed by atoms with Crippen LogP contribution < -0.4 is 0 Å². The van der Waals surface area contributed by atoms with Gasteiger partial charge in [0.05, 0.1) is 29.1 Å². The van der Waals surface area contributed by atoms with Gasteiger partial charge < -0.3 is 9.47 Å². The molecule has 5 rings (SSSR count). The van der Waals surface area contributed by atoms with E-state index < -0.39 is 17.8 Å². The summed E-state index contributed by atoms with van der Waals surface area (Å²) in [5, 5.41) is 10.2. The first-order valence-corrected chi connectivity index (χ1v) is 11.0. The SMILES string of the molecule is N#Cc1ccccc1CSc1nsnc1C1CN2CC1CCC21OC(=O)C(=O)O1. The molecule has 8 nitrogen and oxygen atoms in total. The summed E-state index contributed by atoms with van der Waals surface area (Å²) in [7, 11) is 0. The van der Waals surface area contributed by atoms with Gasteiger partial charge in [-0.05, 0) is 24.0 Å². The number of hydrogen-bond donors (Lipinski definition) is 0. The van der Waals surface area contributed by atoms with Gasteiger partial charge in [-0.25, -0.2) is 14.5 Å². The molecule has 0 N–H and O–H groups in total. The van der Waals surface area contributed by atoms with Crippen LogP contribution in [0.15, 0.2) is 29.3 Å². The molecule has 3 saturated heterocycles. The number of ether oxygens (including phenoxy) is 2. The van der Waals surface area contributed by atoms with Gasteiger partial charge in [0.2, 0.25) is 0 Å². The van der Waals surface area contributed by atoms with Crippen LogP contribution in [0.25, 0.3) is 0 Å². The lowest BCUT2D eigenvalue weighted by Crippen LogP contribution is -2.51. The van der Waals surface area contributed by atoms with Crippen LogP contribution in [0.4, 0.5) is 0 Å². The zero-order valence-electron chi connectivity index (χ0n) is 15.2. The zero-order valence-corrected chi connectivity index (χ0v) is 16.9. The van der Waals surface area contributed by atoms with Gasteiger partial charge in [-0.2, -0.15) is 14.0 Å². The Morgan fingerprint density at radius 3 is 2.83 bits per heavy atom. The normalized spacial score (nSPS) is 26.9. The van der Waals surface area contributed by atoms with Gasteiger partial charge in [0.25, 0.3) is 0 Å². The minimum Gasteiger partial charge on any atom is -0.400 e. The monoisotopic (exact) mass is 428 g/mol. The van der Waals surface area contributed by atoms with Crippen LogP contribution in [0.3, 0.4) is 0 Å². The summed E-state index contributed by atoms with van der Waals surface area (Å²) >= 11 is 2.76. The number of carbonyl (C=O) groups is 2. The standard InChI is InChI=1S/C19H16N4O4S2/c20-7-11-3-1-2-4-13(11)10-28-16-15(21-29-22-16)14-9-23-8-12(14)5-6-19(23)26-17(24)18(25)27-19/h1-4,12,14H,5-6,8-10H2. The number of esters is 2. The van der Waals surface area contributed by atoms with Gasteiger partial charge in [0.1, 0.15) is 5.03 Å². The smallest absolute Gasteiger partial charge is 0.400 e. The minimum absolute atomic E-state index is 0.139. The van der Waals surface area contributed by atoms with Crippen LogP contribution in [0, 0.1) is 17.2 Å². The number of fused-ring (bicyclic) bond motifs is 3. The molecule has 3 atom stereocenters. The largest absolute Gasteiger partial charge is 0.421 e. The van der Waals surface area contributed by atoms with E-state index in [0.717, 1.165) is 22.7 Å². The highest BCUT2D eigenvalue weighted by molar-refractivity contribution is 7.98. The van der Waals surface area contributed by atoms with Crippen molar-refractivity contribution in [3.63, 3.8) is 0 Å². The van der Waals surface area contributed by atoms with Crippen molar-refractivity contribution in [2.75, 3.05) is 13.1 Å². The highest BCUT2D eigenvalue weighted by Crippen LogP contribution is 2.48. The molecule has 10 heteroatoms. The Morgan fingerprint density at radius 2 is 2.03 bits per heavy atom. The van der Waals surface area contributed by atoms with Crippen molar-refractivity contribution in [2.24, 2.45) is 5.92 Å². The number of nitrogens with zero attached hydrogens (tertiary/aromatic N) is 4. The van der Waals surface area contributed by atoms with Crippen LogP contribution in [0.5, 0.6) is 0 Å². The second kappa shape index (κ2) is 7.09. The molecule has 3 aliphatic heterocycles. The maximum Gasteiger partial charge on any atom is 0.421 e. The van der Waals surface area contributed by atoms with Gasteiger partial charge in [-0.15, -0.1) is 0 Å². The summed E-state index contributed by atoms with van der Waals surface area (Å²) < 4.78 is 19.7. The van der Waals surface area contributed by atoms with Crippen molar-refractivity contribution < 1.29 is 19.1 Å². The predicted molar refractivity (Wildman–Crippen MR) is 103 cm³/mol. The summed E-state index contributed by atoms with van der Waals surface area (Å²) in [6.07, 6.45) is 1.25. The first kappa shape index (κ1) is 18.5. The van der Waals surface area contributed by atoms with Crippen LogP contribution in [-0.2, 0) is 24.8 Å². The maximum absolute atomic E-state index is 11.6. The lowest BCUT2D eigenvalue weighted by Gasteiger charge is -2.37. The quantitative estimate of drug-likeness (QED) is 0.412. The predicted octanol–water partition coefficient (Wildman–Crippen LogP) is 2.27. The van der Waals surface area contributed by atoms with E-state index in [4.69, 9.17) is 9.47 Å². The number of thioether (sulfide) groups is 1. The Hall–Kier alpha value is -2.48. The van der Waals surface area contributed by atoms with Crippen molar-refractivity contribution in [1.29, 1.82) is 5.26 Å². The first-order chi connectivity index (χ1) is 14.1. The number of hydrogen-bond acceptors (Lipinski definition) is 10. The lowest BCUT2D eigenvalue weighted by atomic mass is 9.88. The molecule has 1 aromatic heterocycles. The molecular formula is C19H16N4O4S2. The average Bonchev–Trinajstić information content (AvgIpc) is 3.41. The topological polar surface area (TPSA) is 105 Å². The van der Waals surface area contributed by atoms with E-state index in [9.17, 15) is 14.9 Å². The van der Waals surface area contributed by atoms with E-state index in [1.807, 2.05) is 29.2 Å². The van der Waals surface area contributed by atoms with E-state index in [2.05, 4.69) is 14.8 Å². The second-order valence-electron chi connectivity index (χ2n) is 7.31. The van der Waals surface area contributed by atoms with E-state index in [1.54, 1.807) is 11.8 Å². The number of piperidine rings is 1. The van der Waals surface area contributed by atoms with Gasteiger partial charge in [0.15, 0.2) is 0 Å². The first-order valence-electron chi connectivity index (χ1n) is 9.24. The summed E-state index contributed by atoms with van der Waals surface area (Å²) in [4.78, 5) is 25.1. The van der Waals surface area contributed by atoms with E-state index in [0.29, 0.717) is 36.7 Å². The van der Waals surface area contributed by atoms with Crippen molar-refractivity contribution in [2.45, 2.75) is 35.4 Å². The van der Waals surface area contributed by atoms with E-state index in [1.165, 1.54) is 11.7 Å². The summed E-state index contributed by atoms with van der Waals surface area (Å²) in [6, 6.07) is 9.77. The fourth-order valence-electron chi connectivity index (χ4n) is 4.32. The number of carbonyl (C=O) groups excluding carboxylic acids is 2. The van der Waals surface area contributed by atoms with E-state index >= 15 is 0 Å². The highest BCUT2D eigenvalue weighted by Gasteiger charge is 2.59. The Labute approximate surface area is 175 Å². The molecule has 1 aromatic carbocycles. The molecule has 29 heavy (non-hydrogen) atoms. The number of benzene rings is 1. The Balaban J connectivity index is 1.34. The van der Waals surface area contributed by atoms with Crippen molar-refractivity contribution in [3.8, 4) is 6.07 Å². The van der Waals surface area contributed by atoms with Crippen molar-refractivity contribution >= 4 is 35.4 Å². The lowest BCUT2D eigenvalue weighted by molar-refractivity contribution is -0.257. The Bertz CT molecular complexity index is 1020. The minimum atomic E-state index is -1.25. The molecule has 0 saturated carbocycles. The van der Waals surface area contributed by atoms with Crippen LogP contribution in [0.2, 0.25) is 0 Å². The zero-order chi connectivity index (χ0) is 20.0. The third-order valence-electron chi connectivity index (χ3n) is 5.76. The molecule has 0 aliphatic carbocycles. The molecule has 0 amide bonds. The molecule has 2 aromatic rings. The van der Waals surface area contributed by atoms with Crippen molar-refractivity contribution in [1.82, 2.24) is 13.6 Å². The summed E-state index contributed by atoms with van der Waals surface area (Å²) in [5.41, 5.74) is 2.57. The second-order valence-corrected chi connectivity index (χ2v) is 8.81. The molecule has 3 aliphatic rings. The third kappa shape index (κ3) is 3.10. The highest BCUT2D eigenvalue weighted by atomic mass is 32.2. The van der Waals surface area contributed by atoms with Gasteiger partial charge in [-0.3, -0.25) is 0 Å². The number of aromatic nitrogens is 2. The van der Waals surface area contributed by atoms with Gasteiger partial charge in [-0.1, -0.05) is 30.0 Å². The van der Waals surface area contributed by atoms with Crippen LogP contribution in [-0.4, -0.2) is 44.6 Å². The molecule has 148 valence electrons. The molecule has 2 bridgehead atoms. The molecule has 3 unspecified atom stereocenters. The maximum atomic E-state index is 11.6. The fraction of sp³-hybridized carbons (Fsp3) is 0.421. The summed E-state index contributed by atoms with van der Waals surface area (Å²) in [5.74, 6) is -1.97. The van der Waals surface area contributed by atoms with Gasteiger partial charge >= 0.3 is 17.8 Å². The number of nitriles is 1. The Kier molecular flexibility index (Phi) is 4.53. The third-order valence-corrected chi connectivity index (χ3v) is 7.45. The number of rotatable bonds is 4. The molecular weight excluding hydrogens is 412 g/mol. The molecule has 0 radical (unpaired) electrons. The van der Waals surface area contributed by atoms with E-state index in [-0.39, 0.29) is 5.92 Å². The van der Waals surface area contributed by atoms with Crippen LogP contribution >= 0.6 is 23.5 Å². The average molecular weight is 428 g/mol. The fourth-order valence-corrected chi connectivity index (χ4v) is 6.09. The van der Waals surface area contributed by atoms with Crippen molar-refractivity contribution in [3.05, 3.63) is 41.1 Å². The molecule has 4 heterocycles. The summed E-state index contributed by atoms with van der Waals surface area (Å²) in [6.45, 7) is 1.28.